The second-order valence-electron chi connectivity index (χ2n) is 2.75. The number of carboxylic acids is 1. The molecule has 1 aromatic heterocycles. The largest absolute Gasteiger partial charge is 0.481 e. The van der Waals surface area contributed by atoms with Gasteiger partial charge in [0.2, 0.25) is 0 Å². The molecule has 0 unspecified atom stereocenters. The molecule has 0 bridgehead atoms. The second kappa shape index (κ2) is 12.1. The van der Waals surface area contributed by atoms with Crippen LogP contribution >= 0.6 is 11.8 Å². The van der Waals surface area contributed by atoms with E-state index >= 15 is 0 Å². The lowest BCUT2D eigenvalue weighted by Crippen LogP contribution is -2.06. The molecule has 1 aromatic rings. The number of thioether (sulfide) groups is 1. The number of pyridine rings is 1. The molecule has 7 heteroatoms. The van der Waals surface area contributed by atoms with Crippen LogP contribution in [0.15, 0.2) is 17.2 Å². The lowest BCUT2D eigenvalue weighted by molar-refractivity contribution is -0.134. The van der Waals surface area contributed by atoms with E-state index in [4.69, 9.17) is 23.2 Å². The minimum absolute atomic E-state index is 0.650. The summed E-state index contributed by atoms with van der Waals surface area (Å²) in [6.07, 6.45) is 2.82. The van der Waals surface area contributed by atoms with Crippen LogP contribution in [-0.2, 0) is 4.79 Å². The Labute approximate surface area is 113 Å². The lowest BCUT2D eigenvalue weighted by Gasteiger charge is -2.03. The van der Waals surface area contributed by atoms with E-state index in [-0.39, 0.29) is 0 Å². The first kappa shape index (κ1) is 19.0. The van der Waals surface area contributed by atoms with Gasteiger partial charge in [0.1, 0.15) is 7.85 Å². The molecule has 0 saturated carbocycles. The fourth-order valence-corrected chi connectivity index (χ4v) is 1.64. The van der Waals surface area contributed by atoms with Crippen LogP contribution in [0.25, 0.3) is 0 Å². The maximum absolute atomic E-state index is 9.00. The summed E-state index contributed by atoms with van der Waals surface area (Å²) in [5, 5.41) is 14.5. The molecule has 4 N–H and O–H groups in total. The Hall–Kier alpha value is -1.34. The number of hydrogen-bond acceptors (Lipinski definition) is 5. The normalized spacial score (nSPS) is 8.22. The minimum Gasteiger partial charge on any atom is -0.481 e. The third kappa shape index (κ3) is 9.86. The summed E-state index contributed by atoms with van der Waals surface area (Å²) in [5.74, 6) is 0.131. The van der Waals surface area contributed by atoms with Crippen LogP contribution in [0.1, 0.15) is 19.5 Å². The molecule has 0 amide bonds. The zero-order valence-corrected chi connectivity index (χ0v) is 11.6. The average Bonchev–Trinajstić information content (AvgIpc) is 2.32. The molecule has 0 aliphatic carbocycles. The topological polar surface area (TPSA) is 100 Å². The van der Waals surface area contributed by atoms with Crippen LogP contribution in [0, 0.1) is 5.41 Å². The number of carbonyl (C=O) groups is 1. The van der Waals surface area contributed by atoms with Crippen molar-refractivity contribution in [3.63, 3.8) is 0 Å². The van der Waals surface area contributed by atoms with Crippen molar-refractivity contribution in [1.82, 2.24) is 4.98 Å². The standard InChI is InChI=1S/C8H9BN2S.C2H4O2.CH5N/c1-2-12-8-3-6(9)5-11-7(8)4-10;1-2(3)4;1-2/h3-5,10H,2H2,1H3;1H3,(H,3,4);2H2,1H3. The Morgan fingerprint density at radius 1 is 1.67 bits per heavy atom. The highest BCUT2D eigenvalue weighted by molar-refractivity contribution is 7.99. The summed E-state index contributed by atoms with van der Waals surface area (Å²) < 4.78 is 0. The molecule has 1 rings (SSSR count). The van der Waals surface area contributed by atoms with Crippen LogP contribution in [0.4, 0.5) is 0 Å². The molecular formula is C11H18BN3O2S. The molecule has 0 aliphatic rings. The van der Waals surface area contributed by atoms with Crippen molar-refractivity contribution < 1.29 is 9.90 Å². The van der Waals surface area contributed by atoms with E-state index in [2.05, 4.69) is 17.6 Å². The van der Waals surface area contributed by atoms with Gasteiger partial charge in [-0.3, -0.25) is 9.78 Å². The first-order chi connectivity index (χ1) is 8.51. The Morgan fingerprint density at radius 2 is 2.17 bits per heavy atom. The molecule has 0 aromatic carbocycles. The molecule has 5 nitrogen and oxygen atoms in total. The summed E-state index contributed by atoms with van der Waals surface area (Å²) in [6.45, 7) is 3.14. The van der Waals surface area contributed by atoms with Crippen molar-refractivity contribution in [1.29, 1.82) is 5.41 Å². The van der Waals surface area contributed by atoms with Crippen LogP contribution < -0.4 is 11.2 Å². The quantitative estimate of drug-likeness (QED) is 0.424. The number of rotatable bonds is 3. The third-order valence-electron chi connectivity index (χ3n) is 1.34. The van der Waals surface area contributed by atoms with E-state index in [1.807, 2.05) is 6.07 Å². The van der Waals surface area contributed by atoms with Gasteiger partial charge in [-0.15, -0.1) is 11.8 Å². The van der Waals surface area contributed by atoms with E-state index in [9.17, 15) is 0 Å². The van der Waals surface area contributed by atoms with E-state index in [1.54, 1.807) is 18.0 Å². The van der Waals surface area contributed by atoms with Crippen LogP contribution in [0.3, 0.4) is 0 Å². The third-order valence-corrected chi connectivity index (χ3v) is 2.27. The number of nitrogens with zero attached hydrogens (tertiary/aromatic N) is 1. The van der Waals surface area contributed by atoms with Crippen LogP contribution in [0.5, 0.6) is 0 Å². The van der Waals surface area contributed by atoms with Crippen molar-refractivity contribution >= 4 is 37.3 Å². The highest BCUT2D eigenvalue weighted by Gasteiger charge is 2.00. The van der Waals surface area contributed by atoms with Gasteiger partial charge in [-0.25, -0.2) is 0 Å². The maximum atomic E-state index is 9.00. The fourth-order valence-electron chi connectivity index (χ4n) is 0.850. The smallest absolute Gasteiger partial charge is 0.300 e. The average molecular weight is 267 g/mol. The summed E-state index contributed by atoms with van der Waals surface area (Å²) >= 11 is 1.65. The van der Waals surface area contributed by atoms with Crippen molar-refractivity contribution in [2.75, 3.05) is 12.8 Å². The van der Waals surface area contributed by atoms with E-state index in [0.717, 1.165) is 17.6 Å². The van der Waals surface area contributed by atoms with E-state index < -0.39 is 5.97 Å². The fraction of sp³-hybridized carbons (Fsp3) is 0.364. The SMILES string of the molecule is CC(=O)O.CN.[B]c1cnc(C=N)c(SCC)c1. The van der Waals surface area contributed by atoms with Crippen molar-refractivity contribution in [2.45, 2.75) is 18.7 Å². The highest BCUT2D eigenvalue weighted by Crippen LogP contribution is 2.17. The summed E-state index contributed by atoms with van der Waals surface area (Å²) in [5.41, 5.74) is 5.84. The molecule has 2 radical (unpaired) electrons. The molecule has 0 spiro atoms. The van der Waals surface area contributed by atoms with Crippen LogP contribution in [-0.4, -0.2) is 42.9 Å². The van der Waals surface area contributed by atoms with Crippen molar-refractivity contribution in [2.24, 2.45) is 5.73 Å². The lowest BCUT2D eigenvalue weighted by atomic mass is 9.99. The van der Waals surface area contributed by atoms with Gasteiger partial charge in [-0.2, -0.15) is 0 Å². The molecule has 0 aliphatic heterocycles. The summed E-state index contributed by atoms with van der Waals surface area (Å²) in [4.78, 5) is 14.0. The summed E-state index contributed by atoms with van der Waals surface area (Å²) in [6, 6.07) is 1.85. The molecule has 98 valence electrons. The molecule has 18 heavy (non-hydrogen) atoms. The summed E-state index contributed by atoms with van der Waals surface area (Å²) in [7, 11) is 7.06. The number of hydrogen-bond donors (Lipinski definition) is 3. The van der Waals surface area contributed by atoms with Gasteiger partial charge in [-0.1, -0.05) is 18.5 Å². The van der Waals surface area contributed by atoms with Crippen LogP contribution in [0.2, 0.25) is 0 Å². The number of nitrogens with two attached hydrogens (primary N) is 1. The number of nitrogens with one attached hydrogen (secondary N) is 1. The molecule has 0 atom stereocenters. The molecule has 1 heterocycles. The first-order valence-electron chi connectivity index (χ1n) is 5.17. The molecule has 0 saturated heterocycles. The first-order valence-corrected chi connectivity index (χ1v) is 6.15. The predicted molar refractivity (Wildman–Crippen MR) is 77.3 cm³/mol. The van der Waals surface area contributed by atoms with Gasteiger partial charge in [0.15, 0.2) is 0 Å². The number of aromatic nitrogens is 1. The van der Waals surface area contributed by atoms with E-state index in [0.29, 0.717) is 11.2 Å². The zero-order chi connectivity index (χ0) is 14.6. The van der Waals surface area contributed by atoms with Gasteiger partial charge in [0.25, 0.3) is 5.97 Å². The monoisotopic (exact) mass is 267 g/mol. The van der Waals surface area contributed by atoms with Gasteiger partial charge in [-0.05, 0) is 12.8 Å². The Kier molecular flexibility index (Phi) is 12.8. The molecular weight excluding hydrogens is 249 g/mol. The highest BCUT2D eigenvalue weighted by atomic mass is 32.2. The number of carboxylic acid groups (broad SMARTS) is 1. The van der Waals surface area contributed by atoms with E-state index in [1.165, 1.54) is 13.3 Å². The Balaban J connectivity index is 0. The zero-order valence-electron chi connectivity index (χ0n) is 10.8. The van der Waals surface area contributed by atoms with Crippen molar-refractivity contribution in [3.8, 4) is 0 Å². The maximum Gasteiger partial charge on any atom is 0.300 e. The molecule has 0 fully saturated rings. The van der Waals surface area contributed by atoms with Gasteiger partial charge in [0, 0.05) is 24.2 Å². The Morgan fingerprint density at radius 3 is 2.56 bits per heavy atom. The predicted octanol–water partition coefficient (Wildman–Crippen LogP) is 0.651. The minimum atomic E-state index is -0.833. The Bertz CT molecular complexity index is 371. The van der Waals surface area contributed by atoms with Gasteiger partial charge >= 0.3 is 0 Å². The van der Waals surface area contributed by atoms with Crippen molar-refractivity contribution in [3.05, 3.63) is 18.0 Å². The number of aliphatic carboxylic acids is 1. The van der Waals surface area contributed by atoms with Gasteiger partial charge < -0.3 is 16.2 Å². The van der Waals surface area contributed by atoms with Gasteiger partial charge in [0.05, 0.1) is 5.69 Å². The second-order valence-corrected chi connectivity index (χ2v) is 4.05.